The van der Waals surface area contributed by atoms with Crippen LogP contribution in [0.25, 0.3) is 10.9 Å². The van der Waals surface area contributed by atoms with Crippen LogP contribution in [-0.4, -0.2) is 111 Å². The van der Waals surface area contributed by atoms with Crippen LogP contribution in [0.3, 0.4) is 0 Å². The van der Waals surface area contributed by atoms with E-state index >= 15 is 0 Å². The van der Waals surface area contributed by atoms with Crippen LogP contribution in [0, 0.1) is 5.82 Å². The van der Waals surface area contributed by atoms with Gasteiger partial charge in [0.2, 0.25) is 17.7 Å². The van der Waals surface area contributed by atoms with E-state index in [4.69, 9.17) is 16.3 Å². The summed E-state index contributed by atoms with van der Waals surface area (Å²) in [7, 11) is 0. The first-order chi connectivity index (χ1) is 29.6. The molecule has 3 aliphatic rings. The van der Waals surface area contributed by atoms with Gasteiger partial charge in [0.1, 0.15) is 36.0 Å². The number of hydrogen-bond acceptors (Lipinski definition) is 11. The van der Waals surface area contributed by atoms with E-state index < -0.39 is 24.0 Å². The van der Waals surface area contributed by atoms with Crippen molar-refractivity contribution >= 4 is 75.1 Å². The Hall–Kier alpha value is -5.29. The SMILES string of the molecule is C=CC(=O)Nc1cc2c(Nc3ccc(F)c(Cl)c3)ncnc2cc1OCCCN1CCN(C(=O)CCCCCCSc2cccc3c2CN(C2CCC(O)NC2=O)C3=O)CC1. The van der Waals surface area contributed by atoms with Crippen LogP contribution in [0.1, 0.15) is 67.3 Å². The average molecular weight is 873 g/mol. The number of carbonyl (C=O) groups is 4. The molecule has 4 aromatic rings. The third-order valence-electron chi connectivity index (χ3n) is 11.2. The fourth-order valence-corrected chi connectivity index (χ4v) is 9.12. The van der Waals surface area contributed by atoms with E-state index in [2.05, 4.69) is 37.4 Å². The van der Waals surface area contributed by atoms with Crippen molar-refractivity contribution in [2.24, 2.45) is 0 Å². The van der Waals surface area contributed by atoms with Crippen molar-refractivity contribution in [2.45, 2.75) is 75.1 Å². The molecule has 3 aliphatic heterocycles. The molecule has 4 amide bonds. The highest BCUT2D eigenvalue weighted by molar-refractivity contribution is 7.99. The zero-order chi connectivity index (χ0) is 42.9. The summed E-state index contributed by atoms with van der Waals surface area (Å²) in [5, 5.41) is 18.8. The molecule has 2 unspecified atom stereocenters. The van der Waals surface area contributed by atoms with Gasteiger partial charge >= 0.3 is 0 Å². The summed E-state index contributed by atoms with van der Waals surface area (Å²) in [6, 6.07) is 12.9. The van der Waals surface area contributed by atoms with Gasteiger partial charge in [0.15, 0.2) is 0 Å². The van der Waals surface area contributed by atoms with E-state index in [0.29, 0.717) is 84.9 Å². The molecule has 2 fully saturated rings. The van der Waals surface area contributed by atoms with E-state index in [-0.39, 0.29) is 22.7 Å². The number of benzene rings is 3. The summed E-state index contributed by atoms with van der Waals surface area (Å²) < 4.78 is 19.9. The molecule has 2 atom stereocenters. The number of hydrogen-bond donors (Lipinski definition) is 4. The molecule has 3 aromatic carbocycles. The molecule has 322 valence electrons. The highest BCUT2D eigenvalue weighted by Gasteiger charge is 2.39. The monoisotopic (exact) mass is 872 g/mol. The van der Waals surface area contributed by atoms with Gasteiger partial charge in [0.05, 0.1) is 22.8 Å². The van der Waals surface area contributed by atoms with Gasteiger partial charge in [-0.15, -0.1) is 11.8 Å². The lowest BCUT2D eigenvalue weighted by molar-refractivity contribution is -0.133. The molecule has 2 saturated heterocycles. The molecule has 4 heterocycles. The van der Waals surface area contributed by atoms with Crippen LogP contribution in [0.5, 0.6) is 5.75 Å². The number of nitrogens with one attached hydrogen (secondary N) is 3. The number of piperazine rings is 1. The molecule has 61 heavy (non-hydrogen) atoms. The lowest BCUT2D eigenvalue weighted by atomic mass is 10.0. The third-order valence-corrected chi connectivity index (χ3v) is 12.6. The van der Waals surface area contributed by atoms with E-state index in [1.807, 2.05) is 23.1 Å². The summed E-state index contributed by atoms with van der Waals surface area (Å²) in [6.45, 7) is 8.09. The van der Waals surface area contributed by atoms with Crippen LogP contribution < -0.4 is 20.7 Å². The van der Waals surface area contributed by atoms with Crippen LogP contribution in [-0.2, 0) is 20.9 Å². The number of aromatic nitrogens is 2. The second-order valence-corrected chi connectivity index (χ2v) is 16.8. The molecule has 0 bridgehead atoms. The zero-order valence-electron chi connectivity index (χ0n) is 33.8. The quantitative estimate of drug-likeness (QED) is 0.0490. The van der Waals surface area contributed by atoms with Gasteiger partial charge in [0, 0.05) is 73.3 Å². The Morgan fingerprint density at radius 2 is 1.85 bits per heavy atom. The number of amides is 4. The maximum Gasteiger partial charge on any atom is 0.255 e. The van der Waals surface area contributed by atoms with Gasteiger partial charge in [-0.1, -0.05) is 37.1 Å². The second-order valence-electron chi connectivity index (χ2n) is 15.3. The maximum atomic E-state index is 13.7. The van der Waals surface area contributed by atoms with Crippen molar-refractivity contribution in [2.75, 3.05) is 55.7 Å². The van der Waals surface area contributed by atoms with Gasteiger partial charge in [0.25, 0.3) is 5.91 Å². The van der Waals surface area contributed by atoms with Crippen molar-refractivity contribution in [3.8, 4) is 5.75 Å². The summed E-state index contributed by atoms with van der Waals surface area (Å²) >= 11 is 7.70. The number of aliphatic hydroxyl groups is 1. The predicted molar refractivity (Wildman–Crippen MR) is 233 cm³/mol. The number of ether oxygens (including phenoxy) is 1. The first-order valence-corrected chi connectivity index (χ1v) is 22.1. The lowest BCUT2D eigenvalue weighted by Gasteiger charge is -2.34. The van der Waals surface area contributed by atoms with Gasteiger partial charge in [-0.05, 0) is 85.9 Å². The number of nitrogens with zero attached hydrogens (tertiary/aromatic N) is 5. The maximum absolute atomic E-state index is 13.7. The number of piperidine rings is 1. The van der Waals surface area contributed by atoms with Crippen LogP contribution >= 0.6 is 23.4 Å². The zero-order valence-corrected chi connectivity index (χ0v) is 35.4. The predicted octanol–water partition coefficient (Wildman–Crippen LogP) is 6.50. The average Bonchev–Trinajstić information content (AvgIpc) is 3.59. The van der Waals surface area contributed by atoms with Gasteiger partial charge < -0.3 is 35.6 Å². The van der Waals surface area contributed by atoms with Crippen molar-refractivity contribution in [1.29, 1.82) is 0 Å². The minimum atomic E-state index is -0.855. The number of fused-ring (bicyclic) bond motifs is 2. The standard InChI is InChI=1S/C44H50ClFN8O6S/c1-2-39(55)50-35-24-30-34(47-27-48-42(30)49-28-12-13-33(46)32(45)23-28)25-37(35)60-21-8-16-52-17-19-53(20-18-52)41(57)11-5-3-4-6-22-61-38-10-7-9-29-31(38)26-54(44(29)59)36-14-15-40(56)51-43(36)58/h2,7,9-10,12-13,23-25,27,36,40,56H,1,3-6,8,11,14-22,26H2,(H,50,55)(H,51,58)(H,47,48,49). The Bertz CT molecular complexity index is 2280. The number of rotatable bonds is 18. The van der Waals surface area contributed by atoms with E-state index in [1.165, 1.54) is 24.5 Å². The molecule has 0 spiro atoms. The smallest absolute Gasteiger partial charge is 0.255 e. The second kappa shape index (κ2) is 20.5. The number of carbonyl (C=O) groups excluding carboxylic acids is 4. The largest absolute Gasteiger partial charge is 0.491 e. The molecule has 17 heteroatoms. The van der Waals surface area contributed by atoms with Gasteiger partial charge in [-0.25, -0.2) is 14.4 Å². The fraction of sp³-hybridized carbons (Fsp3) is 0.409. The van der Waals surface area contributed by atoms with Crippen molar-refractivity contribution < 1.29 is 33.4 Å². The molecule has 14 nitrogen and oxygen atoms in total. The van der Waals surface area contributed by atoms with Crippen LogP contribution in [0.4, 0.5) is 21.6 Å². The topological polar surface area (TPSA) is 169 Å². The van der Waals surface area contributed by atoms with Gasteiger partial charge in [-0.3, -0.25) is 24.1 Å². The number of aliphatic hydroxyl groups excluding tert-OH is 1. The molecule has 0 aliphatic carbocycles. The number of halogens is 2. The fourth-order valence-electron chi connectivity index (χ4n) is 7.85. The Morgan fingerprint density at radius 3 is 2.64 bits per heavy atom. The minimum absolute atomic E-state index is 0.0284. The molecule has 4 N–H and O–H groups in total. The van der Waals surface area contributed by atoms with Crippen LogP contribution in [0.2, 0.25) is 5.02 Å². The van der Waals surface area contributed by atoms with E-state index in [9.17, 15) is 28.7 Å². The summed E-state index contributed by atoms with van der Waals surface area (Å²) in [6.07, 6.45) is 7.70. The summed E-state index contributed by atoms with van der Waals surface area (Å²) in [4.78, 5) is 66.7. The Morgan fingerprint density at radius 1 is 1.03 bits per heavy atom. The molecule has 1 aromatic heterocycles. The highest BCUT2D eigenvalue weighted by atomic mass is 35.5. The van der Waals surface area contributed by atoms with E-state index in [0.717, 1.165) is 68.0 Å². The molecule has 0 saturated carbocycles. The molecular formula is C44H50ClFN8O6S. The summed E-state index contributed by atoms with van der Waals surface area (Å²) in [5.74, 6) is 0.618. The number of anilines is 3. The first-order valence-electron chi connectivity index (χ1n) is 20.7. The molecular weight excluding hydrogens is 823 g/mol. The summed E-state index contributed by atoms with van der Waals surface area (Å²) in [5.41, 5.74) is 3.16. The molecule has 0 radical (unpaired) electrons. The molecule has 7 rings (SSSR count). The minimum Gasteiger partial charge on any atom is -0.491 e. The highest BCUT2D eigenvalue weighted by Crippen LogP contribution is 2.36. The number of thioether (sulfide) groups is 1. The first kappa shape index (κ1) is 43.8. The lowest BCUT2D eigenvalue weighted by Crippen LogP contribution is -2.54. The van der Waals surface area contributed by atoms with Crippen molar-refractivity contribution in [3.05, 3.63) is 89.5 Å². The Kier molecular flexibility index (Phi) is 14.7. The third kappa shape index (κ3) is 11.0. The van der Waals surface area contributed by atoms with Gasteiger partial charge in [-0.2, -0.15) is 0 Å². The van der Waals surface area contributed by atoms with Crippen molar-refractivity contribution in [3.63, 3.8) is 0 Å². The Labute approximate surface area is 363 Å². The van der Waals surface area contributed by atoms with E-state index in [1.54, 1.807) is 34.9 Å². The Balaban J connectivity index is 0.796. The van der Waals surface area contributed by atoms with Crippen molar-refractivity contribution in [1.82, 2.24) is 30.0 Å². The van der Waals surface area contributed by atoms with Crippen LogP contribution in [0.15, 0.2) is 72.4 Å². The normalized spacial score (nSPS) is 17.9. The number of unbranched alkanes of at least 4 members (excludes halogenated alkanes) is 3.